The number of hydrogen-bond donors (Lipinski definition) is 3. The molecule has 17 heavy (non-hydrogen) atoms. The molecule has 94 valence electrons. The van der Waals surface area contributed by atoms with Crippen molar-refractivity contribution in [1.82, 2.24) is 0 Å². The normalized spacial score (nSPS) is 11.3. The molecular weight excluding hydrogens is 284 g/mol. The predicted octanol–water partition coefficient (Wildman–Crippen LogP) is 2.61. The standard InChI is InChI=1S/C12H17BrN2O2/c1-3-12(14,4-2)11(17)15-9-7-8(13)5-6-10(9)16/h5-7,16H,3-4,14H2,1-2H3,(H,15,17). The molecule has 0 bridgehead atoms. The second kappa shape index (κ2) is 5.51. The van der Waals surface area contributed by atoms with E-state index >= 15 is 0 Å². The number of carbonyl (C=O) groups excluding carboxylic acids is 1. The minimum absolute atomic E-state index is 0.0242. The molecule has 0 atom stereocenters. The topological polar surface area (TPSA) is 75.4 Å². The van der Waals surface area contributed by atoms with Crippen molar-refractivity contribution >= 4 is 27.5 Å². The number of amides is 1. The van der Waals surface area contributed by atoms with Crippen LogP contribution in [0.1, 0.15) is 26.7 Å². The summed E-state index contributed by atoms with van der Waals surface area (Å²) >= 11 is 3.28. The van der Waals surface area contributed by atoms with E-state index in [-0.39, 0.29) is 11.7 Å². The first-order chi connectivity index (χ1) is 7.92. The summed E-state index contributed by atoms with van der Waals surface area (Å²) in [4.78, 5) is 12.0. The van der Waals surface area contributed by atoms with Gasteiger partial charge in [-0.1, -0.05) is 29.8 Å². The summed E-state index contributed by atoms with van der Waals surface area (Å²) < 4.78 is 0.779. The van der Waals surface area contributed by atoms with Gasteiger partial charge in [0.15, 0.2) is 0 Å². The second-order valence-electron chi connectivity index (χ2n) is 3.98. The summed E-state index contributed by atoms with van der Waals surface area (Å²) in [6.07, 6.45) is 1.09. The number of carbonyl (C=O) groups is 1. The first-order valence-corrected chi connectivity index (χ1v) is 6.31. The molecule has 0 fully saturated rings. The quantitative estimate of drug-likeness (QED) is 0.748. The number of nitrogens with one attached hydrogen (secondary N) is 1. The Morgan fingerprint density at radius 1 is 1.47 bits per heavy atom. The molecule has 0 aliphatic heterocycles. The first kappa shape index (κ1) is 14.0. The zero-order valence-electron chi connectivity index (χ0n) is 9.96. The molecule has 5 heteroatoms. The molecule has 0 aliphatic rings. The number of hydrogen-bond acceptors (Lipinski definition) is 3. The number of anilines is 1. The Morgan fingerprint density at radius 2 is 2.06 bits per heavy atom. The molecule has 1 aromatic rings. The summed E-state index contributed by atoms with van der Waals surface area (Å²) in [5.74, 6) is -0.257. The Balaban J connectivity index is 2.91. The van der Waals surface area contributed by atoms with Crippen molar-refractivity contribution in [1.29, 1.82) is 0 Å². The van der Waals surface area contributed by atoms with Crippen LogP contribution < -0.4 is 11.1 Å². The van der Waals surface area contributed by atoms with Gasteiger partial charge >= 0.3 is 0 Å². The number of rotatable bonds is 4. The van der Waals surface area contributed by atoms with Crippen LogP contribution in [0, 0.1) is 0 Å². The molecule has 0 aliphatic carbocycles. The van der Waals surface area contributed by atoms with Crippen molar-refractivity contribution in [2.45, 2.75) is 32.2 Å². The molecule has 0 spiro atoms. The van der Waals surface area contributed by atoms with E-state index in [1.165, 1.54) is 6.07 Å². The van der Waals surface area contributed by atoms with Gasteiger partial charge in [0.25, 0.3) is 0 Å². The molecule has 0 saturated carbocycles. The minimum Gasteiger partial charge on any atom is -0.506 e. The van der Waals surface area contributed by atoms with Crippen LogP contribution in [-0.2, 0) is 4.79 Å². The van der Waals surface area contributed by atoms with Gasteiger partial charge in [0, 0.05) is 4.47 Å². The average molecular weight is 301 g/mol. The Morgan fingerprint density at radius 3 is 2.59 bits per heavy atom. The van der Waals surface area contributed by atoms with Gasteiger partial charge in [-0.25, -0.2) is 0 Å². The third-order valence-electron chi connectivity index (χ3n) is 2.92. The minimum atomic E-state index is -0.894. The van der Waals surface area contributed by atoms with Gasteiger partial charge in [0.05, 0.1) is 11.2 Å². The molecule has 0 unspecified atom stereocenters. The van der Waals surface area contributed by atoms with Crippen LogP contribution in [0.15, 0.2) is 22.7 Å². The van der Waals surface area contributed by atoms with Crippen LogP contribution in [-0.4, -0.2) is 16.6 Å². The van der Waals surface area contributed by atoms with Crippen LogP contribution in [0.3, 0.4) is 0 Å². The highest BCUT2D eigenvalue weighted by Crippen LogP contribution is 2.28. The number of phenols is 1. The summed E-state index contributed by atoms with van der Waals surface area (Å²) in [7, 11) is 0. The molecular formula is C12H17BrN2O2. The molecule has 0 saturated heterocycles. The van der Waals surface area contributed by atoms with E-state index in [0.717, 1.165) is 4.47 Å². The van der Waals surface area contributed by atoms with Crippen molar-refractivity contribution < 1.29 is 9.90 Å². The predicted molar refractivity (Wildman–Crippen MR) is 71.9 cm³/mol. The number of benzene rings is 1. The van der Waals surface area contributed by atoms with Crippen molar-refractivity contribution in [3.8, 4) is 5.75 Å². The van der Waals surface area contributed by atoms with Crippen molar-refractivity contribution in [3.63, 3.8) is 0 Å². The fraction of sp³-hybridized carbons (Fsp3) is 0.417. The van der Waals surface area contributed by atoms with Crippen LogP contribution in [0.2, 0.25) is 0 Å². The van der Waals surface area contributed by atoms with E-state index in [0.29, 0.717) is 18.5 Å². The monoisotopic (exact) mass is 300 g/mol. The molecule has 0 heterocycles. The summed E-state index contributed by atoms with van der Waals surface area (Å²) in [5, 5.41) is 12.3. The highest BCUT2D eigenvalue weighted by atomic mass is 79.9. The number of nitrogens with two attached hydrogens (primary N) is 1. The van der Waals surface area contributed by atoms with Crippen LogP contribution in [0.4, 0.5) is 5.69 Å². The smallest absolute Gasteiger partial charge is 0.244 e. The van der Waals surface area contributed by atoms with E-state index in [4.69, 9.17) is 5.73 Å². The van der Waals surface area contributed by atoms with Gasteiger partial charge in [0.2, 0.25) is 5.91 Å². The van der Waals surface area contributed by atoms with E-state index < -0.39 is 5.54 Å². The lowest BCUT2D eigenvalue weighted by Crippen LogP contribution is -2.50. The highest BCUT2D eigenvalue weighted by molar-refractivity contribution is 9.10. The SMILES string of the molecule is CCC(N)(CC)C(=O)Nc1cc(Br)ccc1O. The highest BCUT2D eigenvalue weighted by Gasteiger charge is 2.30. The van der Waals surface area contributed by atoms with Gasteiger partial charge in [-0.2, -0.15) is 0 Å². The fourth-order valence-corrected chi connectivity index (χ4v) is 1.79. The lowest BCUT2D eigenvalue weighted by Gasteiger charge is -2.25. The molecule has 1 amide bonds. The maximum absolute atomic E-state index is 12.0. The number of halogens is 1. The Labute approximate surface area is 109 Å². The fourth-order valence-electron chi connectivity index (χ4n) is 1.43. The largest absolute Gasteiger partial charge is 0.506 e. The Kier molecular flexibility index (Phi) is 4.54. The number of aromatic hydroxyl groups is 1. The van der Waals surface area contributed by atoms with Crippen LogP contribution in [0.25, 0.3) is 0 Å². The lowest BCUT2D eigenvalue weighted by molar-refractivity contribution is -0.121. The number of phenolic OH excluding ortho intramolecular Hbond substituents is 1. The zero-order valence-corrected chi connectivity index (χ0v) is 11.5. The first-order valence-electron chi connectivity index (χ1n) is 5.51. The van der Waals surface area contributed by atoms with E-state index in [1.54, 1.807) is 12.1 Å². The third-order valence-corrected chi connectivity index (χ3v) is 3.41. The van der Waals surface area contributed by atoms with Crippen molar-refractivity contribution in [3.05, 3.63) is 22.7 Å². The van der Waals surface area contributed by atoms with E-state index in [1.807, 2.05) is 13.8 Å². The molecule has 4 N–H and O–H groups in total. The Hall–Kier alpha value is -1.07. The zero-order chi connectivity index (χ0) is 13.1. The van der Waals surface area contributed by atoms with Gasteiger partial charge in [-0.15, -0.1) is 0 Å². The van der Waals surface area contributed by atoms with E-state index in [2.05, 4.69) is 21.2 Å². The van der Waals surface area contributed by atoms with E-state index in [9.17, 15) is 9.90 Å². The van der Waals surface area contributed by atoms with Crippen molar-refractivity contribution in [2.75, 3.05) is 5.32 Å². The average Bonchev–Trinajstić information content (AvgIpc) is 2.32. The van der Waals surface area contributed by atoms with Crippen LogP contribution in [0.5, 0.6) is 5.75 Å². The molecule has 4 nitrogen and oxygen atoms in total. The van der Waals surface area contributed by atoms with Crippen molar-refractivity contribution in [2.24, 2.45) is 5.73 Å². The summed E-state index contributed by atoms with van der Waals surface area (Å²) in [5.41, 5.74) is 5.44. The van der Waals surface area contributed by atoms with Gasteiger partial charge in [-0.3, -0.25) is 4.79 Å². The lowest BCUT2D eigenvalue weighted by atomic mass is 9.93. The maximum Gasteiger partial charge on any atom is 0.244 e. The summed E-state index contributed by atoms with van der Waals surface area (Å²) in [6, 6.07) is 4.84. The molecule has 1 aromatic carbocycles. The maximum atomic E-state index is 12.0. The van der Waals surface area contributed by atoms with Crippen LogP contribution >= 0.6 is 15.9 Å². The molecule has 0 radical (unpaired) electrons. The van der Waals surface area contributed by atoms with Gasteiger partial charge < -0.3 is 16.2 Å². The molecule has 0 aromatic heterocycles. The van der Waals surface area contributed by atoms with Gasteiger partial charge in [-0.05, 0) is 31.0 Å². The second-order valence-corrected chi connectivity index (χ2v) is 4.89. The summed E-state index contributed by atoms with van der Waals surface area (Å²) in [6.45, 7) is 3.73. The Bertz CT molecular complexity index is 417. The van der Waals surface area contributed by atoms with Gasteiger partial charge in [0.1, 0.15) is 5.75 Å². The third kappa shape index (κ3) is 3.20. The molecule has 1 rings (SSSR count).